The zero-order valence-corrected chi connectivity index (χ0v) is 11.2. The monoisotopic (exact) mass is 252 g/mol. The number of H-pyrrole nitrogens is 1. The van der Waals surface area contributed by atoms with E-state index < -0.39 is 0 Å². The summed E-state index contributed by atoms with van der Waals surface area (Å²) in [5.41, 5.74) is 0. The Morgan fingerprint density at radius 1 is 1.24 bits per heavy atom. The van der Waals surface area contributed by atoms with Crippen molar-refractivity contribution >= 4 is 18.2 Å². The summed E-state index contributed by atoms with van der Waals surface area (Å²) in [5, 5.41) is 7.44. The fraction of sp³-hybridized carbons (Fsp3) is 0.833. The number of aromatic nitrogens is 3. The maximum atomic E-state index is 5.35. The summed E-state index contributed by atoms with van der Waals surface area (Å²) in [4.78, 5) is 2.44. The molecule has 17 heavy (non-hydrogen) atoms. The first-order valence-electron chi connectivity index (χ1n) is 6.71. The van der Waals surface area contributed by atoms with Gasteiger partial charge in [-0.1, -0.05) is 12.8 Å². The lowest BCUT2D eigenvalue weighted by Gasteiger charge is -2.28. The largest absolute Gasteiger partial charge is 0.338 e. The fourth-order valence-corrected chi connectivity index (χ4v) is 3.01. The molecule has 1 aromatic rings. The van der Waals surface area contributed by atoms with E-state index in [4.69, 9.17) is 12.2 Å². The number of rotatable bonds is 2. The number of nitrogens with one attached hydrogen (secondary N) is 1. The maximum Gasteiger partial charge on any atom is 0.226 e. The molecule has 3 rings (SSSR count). The Hall–Kier alpha value is -0.840. The van der Waals surface area contributed by atoms with Crippen LogP contribution in [0, 0.1) is 4.77 Å². The first-order chi connectivity index (χ1) is 8.27. The van der Waals surface area contributed by atoms with E-state index in [1.54, 1.807) is 0 Å². The van der Waals surface area contributed by atoms with Crippen LogP contribution in [0.25, 0.3) is 0 Å². The van der Waals surface area contributed by atoms with Crippen molar-refractivity contribution in [2.75, 3.05) is 11.4 Å². The van der Waals surface area contributed by atoms with Gasteiger partial charge in [0.15, 0.2) is 4.77 Å². The van der Waals surface area contributed by atoms with E-state index in [0.717, 1.165) is 17.3 Å². The number of aromatic amines is 1. The minimum atomic E-state index is 0.584. The lowest BCUT2D eigenvalue weighted by molar-refractivity contribution is 0.584. The summed E-state index contributed by atoms with van der Waals surface area (Å²) in [7, 11) is 0. The molecule has 1 aliphatic heterocycles. The lowest BCUT2D eigenvalue weighted by Crippen LogP contribution is -2.34. The molecule has 1 saturated carbocycles. The van der Waals surface area contributed by atoms with Gasteiger partial charge in [0.1, 0.15) is 0 Å². The number of anilines is 1. The first-order valence-corrected chi connectivity index (χ1v) is 7.12. The van der Waals surface area contributed by atoms with Crippen molar-refractivity contribution < 1.29 is 0 Å². The molecule has 1 atom stereocenters. The number of hydrogen-bond donors (Lipinski definition) is 1. The Morgan fingerprint density at radius 3 is 2.82 bits per heavy atom. The molecule has 0 aromatic carbocycles. The highest BCUT2D eigenvalue weighted by Crippen LogP contribution is 2.38. The molecule has 4 nitrogen and oxygen atoms in total. The van der Waals surface area contributed by atoms with Crippen LogP contribution in [0.4, 0.5) is 5.95 Å². The molecule has 0 amide bonds. The number of nitrogens with zero attached hydrogens (tertiary/aromatic N) is 3. The van der Waals surface area contributed by atoms with Crippen molar-refractivity contribution in [2.24, 2.45) is 0 Å². The van der Waals surface area contributed by atoms with Crippen molar-refractivity contribution in [2.45, 2.75) is 57.5 Å². The van der Waals surface area contributed by atoms with Crippen LogP contribution in [0.3, 0.4) is 0 Å². The third-order valence-corrected chi connectivity index (χ3v) is 4.20. The fourth-order valence-electron chi connectivity index (χ4n) is 2.73. The van der Waals surface area contributed by atoms with E-state index in [1.807, 2.05) is 0 Å². The molecule has 2 heterocycles. The molecule has 0 spiro atoms. The smallest absolute Gasteiger partial charge is 0.226 e. The Kier molecular flexibility index (Phi) is 2.94. The van der Waals surface area contributed by atoms with Crippen molar-refractivity contribution in [3.05, 3.63) is 4.77 Å². The van der Waals surface area contributed by atoms with Crippen molar-refractivity contribution in [3.8, 4) is 0 Å². The second-order valence-corrected chi connectivity index (χ2v) is 5.71. The molecular weight excluding hydrogens is 232 g/mol. The molecule has 1 N–H and O–H groups in total. The van der Waals surface area contributed by atoms with Crippen molar-refractivity contribution in [3.63, 3.8) is 0 Å². The molecule has 2 fully saturated rings. The molecule has 0 radical (unpaired) electrons. The average molecular weight is 252 g/mol. The summed E-state index contributed by atoms with van der Waals surface area (Å²) in [5.74, 6) is 1.08. The lowest BCUT2D eigenvalue weighted by atomic mass is 10.1. The van der Waals surface area contributed by atoms with Crippen LogP contribution in [-0.4, -0.2) is 27.4 Å². The van der Waals surface area contributed by atoms with Gasteiger partial charge in [0, 0.05) is 18.6 Å². The maximum absolute atomic E-state index is 5.35. The zero-order chi connectivity index (χ0) is 11.8. The van der Waals surface area contributed by atoms with E-state index >= 15 is 0 Å². The van der Waals surface area contributed by atoms with E-state index in [1.165, 1.54) is 38.5 Å². The Bertz CT molecular complexity index is 446. The van der Waals surface area contributed by atoms with Crippen molar-refractivity contribution in [1.29, 1.82) is 0 Å². The molecule has 1 unspecified atom stereocenters. The first kappa shape index (κ1) is 11.3. The predicted molar refractivity (Wildman–Crippen MR) is 71.0 cm³/mol. The molecule has 94 valence electrons. The minimum Gasteiger partial charge on any atom is -0.338 e. The third kappa shape index (κ3) is 2.12. The highest BCUT2D eigenvalue weighted by Gasteiger charge is 2.30. The van der Waals surface area contributed by atoms with Crippen LogP contribution in [-0.2, 0) is 0 Å². The third-order valence-electron chi connectivity index (χ3n) is 3.91. The second kappa shape index (κ2) is 4.44. The summed E-state index contributed by atoms with van der Waals surface area (Å²) >= 11 is 5.35. The number of hydrogen-bond acceptors (Lipinski definition) is 3. The summed E-state index contributed by atoms with van der Waals surface area (Å²) in [6.45, 7) is 3.42. The average Bonchev–Trinajstić information content (AvgIpc) is 3.09. The van der Waals surface area contributed by atoms with Gasteiger partial charge in [0.25, 0.3) is 0 Å². The van der Waals surface area contributed by atoms with Crippen LogP contribution in [0.2, 0.25) is 0 Å². The van der Waals surface area contributed by atoms with Gasteiger partial charge in [-0.3, -0.25) is 4.57 Å². The Balaban J connectivity index is 1.93. The molecule has 2 aliphatic rings. The topological polar surface area (TPSA) is 36.9 Å². The normalized spacial score (nSPS) is 25.9. The van der Waals surface area contributed by atoms with E-state index in [-0.39, 0.29) is 0 Å². The van der Waals surface area contributed by atoms with Gasteiger partial charge >= 0.3 is 0 Å². The van der Waals surface area contributed by atoms with Crippen LogP contribution in [0.5, 0.6) is 0 Å². The van der Waals surface area contributed by atoms with Crippen LogP contribution >= 0.6 is 12.2 Å². The van der Waals surface area contributed by atoms with Gasteiger partial charge in [-0.15, -0.1) is 5.10 Å². The van der Waals surface area contributed by atoms with Gasteiger partial charge in [-0.25, -0.2) is 5.10 Å². The predicted octanol–water partition coefficient (Wildman–Crippen LogP) is 3.04. The standard InChI is InChI=1S/C12H20N4S/c1-9-5-3-2-4-8-15(9)11-13-14-12(17)16(11)10-6-7-10/h9-10H,2-8H2,1H3,(H,14,17). The highest BCUT2D eigenvalue weighted by molar-refractivity contribution is 7.71. The van der Waals surface area contributed by atoms with E-state index in [0.29, 0.717) is 12.1 Å². The van der Waals surface area contributed by atoms with Crippen molar-refractivity contribution in [1.82, 2.24) is 14.8 Å². The van der Waals surface area contributed by atoms with Crippen LogP contribution in [0.1, 0.15) is 51.5 Å². The quantitative estimate of drug-likeness (QED) is 0.822. The van der Waals surface area contributed by atoms with Crippen LogP contribution in [0.15, 0.2) is 0 Å². The molecule has 1 aromatic heterocycles. The molecule has 5 heteroatoms. The van der Waals surface area contributed by atoms with Crippen LogP contribution < -0.4 is 4.90 Å². The van der Waals surface area contributed by atoms with Gasteiger partial charge in [0.05, 0.1) is 0 Å². The SMILES string of the molecule is CC1CCCCCN1c1n[nH]c(=S)n1C1CC1. The zero-order valence-electron chi connectivity index (χ0n) is 10.4. The van der Waals surface area contributed by atoms with Gasteiger partial charge < -0.3 is 4.90 Å². The van der Waals surface area contributed by atoms with Gasteiger partial charge in [-0.05, 0) is 44.8 Å². The summed E-state index contributed by atoms with van der Waals surface area (Å²) in [6.07, 6.45) is 7.73. The molecule has 0 bridgehead atoms. The van der Waals surface area contributed by atoms with Gasteiger partial charge in [0.2, 0.25) is 5.95 Å². The van der Waals surface area contributed by atoms with Gasteiger partial charge in [-0.2, -0.15) is 0 Å². The highest BCUT2D eigenvalue weighted by atomic mass is 32.1. The minimum absolute atomic E-state index is 0.584. The Morgan fingerprint density at radius 2 is 2.06 bits per heavy atom. The Labute approximate surface area is 107 Å². The molecule has 1 saturated heterocycles. The summed E-state index contributed by atoms with van der Waals surface area (Å²) < 4.78 is 3.02. The summed E-state index contributed by atoms with van der Waals surface area (Å²) in [6, 6.07) is 1.19. The van der Waals surface area contributed by atoms with E-state index in [9.17, 15) is 0 Å². The molecular formula is C12H20N4S. The van der Waals surface area contributed by atoms with E-state index in [2.05, 4.69) is 26.6 Å². The molecule has 1 aliphatic carbocycles. The second-order valence-electron chi connectivity index (χ2n) is 5.32.